The molecule has 0 fully saturated rings. The standard InChI is InChI=1S/C15H11Br2N.C12H7Br2NO2.C3H5.2CH4.BrH.Mg/c1-9-8-13-12(6-7-14(17)15(13)18-9)10-2-4-11(16)5-3-10;13-10-4-1-8(2-5-10)9-3-6-11(14)12(7-9)15(16)17;1-3-2;;;;/h2-8,18H,1H3;1-7H;1H2,2H3;2*1H4;1H;/q;;-1;;;;+2/p-1. The van der Waals surface area contributed by atoms with E-state index in [-0.39, 0.29) is 60.6 Å². The molecule has 218 valence electrons. The fourth-order valence-electron chi connectivity index (χ4n) is 3.68. The van der Waals surface area contributed by atoms with E-state index in [2.05, 4.69) is 131 Å². The Hall–Kier alpha value is -1.27. The van der Waals surface area contributed by atoms with Gasteiger partial charge in [0.25, 0.3) is 5.69 Å². The molecule has 0 aliphatic carbocycles. The van der Waals surface area contributed by atoms with Gasteiger partial charge in [0.15, 0.2) is 0 Å². The number of hydrogen-bond donors (Lipinski definition) is 1. The first-order valence-corrected chi connectivity index (χ1v) is 14.5. The van der Waals surface area contributed by atoms with Crippen LogP contribution in [0, 0.1) is 23.1 Å². The number of rotatable bonds is 3. The van der Waals surface area contributed by atoms with Crippen molar-refractivity contribution in [3.05, 3.63) is 131 Å². The Morgan fingerprint density at radius 2 is 1.21 bits per heavy atom. The smallest absolute Gasteiger partial charge is 1.00 e. The van der Waals surface area contributed by atoms with Crippen molar-refractivity contribution in [1.29, 1.82) is 0 Å². The van der Waals surface area contributed by atoms with Crippen molar-refractivity contribution in [3.8, 4) is 22.3 Å². The molecular weight excluding hydrogens is 868 g/mol. The van der Waals surface area contributed by atoms with Gasteiger partial charge in [-0.1, -0.05) is 83.1 Å². The Labute approximate surface area is 309 Å². The number of allylic oxidation sites excluding steroid dienone is 1. The maximum Gasteiger partial charge on any atom is 2.00 e. The van der Waals surface area contributed by atoms with Gasteiger partial charge in [-0.25, -0.2) is 0 Å². The van der Waals surface area contributed by atoms with Gasteiger partial charge in [-0.15, -0.1) is 0 Å². The van der Waals surface area contributed by atoms with Gasteiger partial charge in [0.1, 0.15) is 0 Å². The van der Waals surface area contributed by atoms with E-state index in [0.717, 1.165) is 30.1 Å². The van der Waals surface area contributed by atoms with Crippen molar-refractivity contribution in [1.82, 2.24) is 4.98 Å². The van der Waals surface area contributed by atoms with E-state index >= 15 is 0 Å². The fraction of sp³-hybridized carbons (Fsp3) is 0.125. The first-order valence-electron chi connectivity index (χ1n) is 11.3. The number of hydrogen-bond acceptors (Lipinski definition) is 2. The first kappa shape index (κ1) is 42.9. The molecule has 1 aromatic heterocycles. The van der Waals surface area contributed by atoms with Gasteiger partial charge in [0.2, 0.25) is 0 Å². The molecule has 0 unspecified atom stereocenters. The SMILES string of the molecule is C.C.C=[C-]C.Cc1cc2c(-c3ccc(Br)cc3)ccc(Br)c2[nH]1.O=[N+]([O-])c1cc(-c2ccc(Br)cc2)ccc1Br.[Br-].[Mg+2]. The van der Waals surface area contributed by atoms with Crippen LogP contribution in [0.15, 0.2) is 109 Å². The predicted molar refractivity (Wildman–Crippen MR) is 192 cm³/mol. The summed E-state index contributed by atoms with van der Waals surface area (Å²) in [6.07, 6.45) is 2.50. The molecule has 1 N–H and O–H groups in total. The maximum atomic E-state index is 10.8. The van der Waals surface area contributed by atoms with E-state index in [1.165, 1.54) is 22.2 Å². The van der Waals surface area contributed by atoms with E-state index in [1.807, 2.05) is 30.3 Å². The topological polar surface area (TPSA) is 58.9 Å². The van der Waals surface area contributed by atoms with Crippen LogP contribution in [0.1, 0.15) is 27.5 Å². The van der Waals surface area contributed by atoms with Crippen molar-refractivity contribution >= 4 is 103 Å². The molecule has 4 nitrogen and oxygen atoms in total. The number of aromatic amines is 1. The van der Waals surface area contributed by atoms with E-state index in [1.54, 1.807) is 19.1 Å². The zero-order valence-electron chi connectivity index (χ0n) is 21.7. The van der Waals surface area contributed by atoms with Crippen LogP contribution in [-0.4, -0.2) is 33.0 Å². The second-order valence-corrected chi connectivity index (χ2v) is 11.7. The Bertz CT molecular complexity index is 1570. The number of aromatic nitrogens is 1. The Kier molecular flexibility index (Phi) is 21.1. The zero-order chi connectivity index (χ0) is 27.8. The van der Waals surface area contributed by atoms with Crippen LogP contribution < -0.4 is 17.0 Å². The van der Waals surface area contributed by atoms with Crippen LogP contribution in [0.5, 0.6) is 0 Å². The largest absolute Gasteiger partial charge is 2.00 e. The monoisotopic (exact) mass is 894 g/mol. The number of nitro benzene ring substituents is 1. The average molecular weight is 899 g/mol. The molecule has 0 saturated heterocycles. The summed E-state index contributed by atoms with van der Waals surface area (Å²) in [5.41, 5.74) is 6.67. The molecule has 0 spiro atoms. The maximum absolute atomic E-state index is 10.8. The number of nitro groups is 1. The molecule has 0 aliphatic rings. The second-order valence-electron chi connectivity index (χ2n) is 8.13. The number of halogens is 5. The van der Waals surface area contributed by atoms with Gasteiger partial charge in [-0.2, -0.15) is 6.92 Å². The van der Waals surface area contributed by atoms with Crippen LogP contribution in [-0.2, 0) is 0 Å². The molecule has 0 bridgehead atoms. The summed E-state index contributed by atoms with van der Waals surface area (Å²) in [4.78, 5) is 13.8. The van der Waals surface area contributed by atoms with Crippen molar-refractivity contribution < 1.29 is 21.9 Å². The molecule has 0 atom stereocenters. The minimum absolute atomic E-state index is 0. The summed E-state index contributed by atoms with van der Waals surface area (Å²) in [6.45, 7) is 7.08. The predicted octanol–water partition coefficient (Wildman–Crippen LogP) is 9.35. The van der Waals surface area contributed by atoms with Crippen molar-refractivity contribution in [3.63, 3.8) is 0 Å². The normalized spacial score (nSPS) is 9.19. The number of benzene rings is 4. The van der Waals surface area contributed by atoms with Crippen LogP contribution in [0.3, 0.4) is 0 Å². The molecule has 0 saturated carbocycles. The average Bonchev–Trinajstić information content (AvgIpc) is 3.29. The van der Waals surface area contributed by atoms with Crippen molar-refractivity contribution in [2.75, 3.05) is 0 Å². The van der Waals surface area contributed by atoms with Crippen molar-refractivity contribution in [2.45, 2.75) is 28.7 Å². The summed E-state index contributed by atoms with van der Waals surface area (Å²) < 4.78 is 3.67. The van der Waals surface area contributed by atoms with E-state index < -0.39 is 4.92 Å². The van der Waals surface area contributed by atoms with Crippen LogP contribution in [0.2, 0.25) is 0 Å². The minimum Gasteiger partial charge on any atom is -1.00 e. The summed E-state index contributed by atoms with van der Waals surface area (Å²) in [6, 6.07) is 27.6. The molecule has 0 amide bonds. The molecule has 5 rings (SSSR count). The number of nitrogens with zero attached hydrogens (tertiary/aromatic N) is 1. The quantitative estimate of drug-likeness (QED) is 0.0850. The summed E-state index contributed by atoms with van der Waals surface area (Å²) in [5.74, 6) is 0. The van der Waals surface area contributed by atoms with Gasteiger partial charge in [0.05, 0.1) is 14.9 Å². The van der Waals surface area contributed by atoms with Gasteiger partial charge < -0.3 is 28.0 Å². The molecule has 1 heterocycles. The third kappa shape index (κ3) is 11.7. The number of nitrogens with one attached hydrogen (secondary N) is 1. The molecule has 10 heteroatoms. The Morgan fingerprint density at radius 3 is 1.71 bits per heavy atom. The number of H-pyrrole nitrogens is 1. The van der Waals surface area contributed by atoms with Crippen LogP contribution in [0.4, 0.5) is 5.69 Å². The number of fused-ring (bicyclic) bond motifs is 1. The molecule has 0 aliphatic heterocycles. The molecule has 5 aromatic rings. The van der Waals surface area contributed by atoms with Crippen LogP contribution in [0.25, 0.3) is 33.2 Å². The molecule has 4 aromatic carbocycles. The fourth-order valence-corrected chi connectivity index (χ4v) is 5.04. The van der Waals surface area contributed by atoms with Gasteiger partial charge in [0, 0.05) is 30.6 Å². The van der Waals surface area contributed by atoms with Gasteiger partial charge >= 0.3 is 23.1 Å². The minimum atomic E-state index is -0.396. The Balaban J connectivity index is 0. The summed E-state index contributed by atoms with van der Waals surface area (Å²) in [7, 11) is 0. The molecular formula is C32H31Br5MgN2O2. The zero-order valence-corrected chi connectivity index (χ0v) is 31.0. The van der Waals surface area contributed by atoms with Crippen molar-refractivity contribution in [2.24, 2.45) is 0 Å². The third-order valence-electron chi connectivity index (χ3n) is 5.35. The van der Waals surface area contributed by atoms with E-state index in [0.29, 0.717) is 4.47 Å². The van der Waals surface area contributed by atoms with Crippen LogP contribution >= 0.6 is 63.7 Å². The number of aryl methyl sites for hydroxylation is 1. The molecule has 0 radical (unpaired) electrons. The first-order chi connectivity index (χ1) is 18.1. The van der Waals surface area contributed by atoms with Gasteiger partial charge in [-0.05, 0) is 104 Å². The summed E-state index contributed by atoms with van der Waals surface area (Å²) in [5, 5.41) is 12.1. The third-order valence-corrected chi connectivity index (χ3v) is 7.74. The summed E-state index contributed by atoms with van der Waals surface area (Å²) >= 11 is 13.6. The second kappa shape index (κ2) is 20.6. The van der Waals surface area contributed by atoms with E-state index in [9.17, 15) is 10.1 Å². The molecule has 42 heavy (non-hydrogen) atoms. The Morgan fingerprint density at radius 1 is 0.762 bits per heavy atom. The van der Waals surface area contributed by atoms with Gasteiger partial charge in [-0.3, -0.25) is 16.7 Å². The van der Waals surface area contributed by atoms with E-state index in [4.69, 9.17) is 0 Å².